The zero-order chi connectivity index (χ0) is 17.0. The number of hydrogen-bond donors (Lipinski definition) is 0. The molecule has 23 heavy (non-hydrogen) atoms. The highest BCUT2D eigenvalue weighted by molar-refractivity contribution is 14.1. The molecule has 122 valence electrons. The Kier molecular flexibility index (Phi) is 5.70. The Morgan fingerprint density at radius 3 is 1.87 bits per heavy atom. The molecular weight excluding hydrogens is 411 g/mol. The van der Waals surface area contributed by atoms with Crippen molar-refractivity contribution in [3.05, 3.63) is 45.0 Å². The summed E-state index contributed by atoms with van der Waals surface area (Å²) in [5.41, 5.74) is 1.04. The maximum Gasteiger partial charge on any atom is 0.194 e. The molecule has 0 aliphatic heterocycles. The van der Waals surface area contributed by atoms with Crippen LogP contribution in [0.15, 0.2) is 30.3 Å². The summed E-state index contributed by atoms with van der Waals surface area (Å²) >= 11 is 2.10. The summed E-state index contributed by atoms with van der Waals surface area (Å²) in [5.74, 6) is 2.05. The molecular formula is C17H17IO5. The molecule has 0 bridgehead atoms. The Labute approximate surface area is 148 Å². The van der Waals surface area contributed by atoms with Gasteiger partial charge in [-0.2, -0.15) is 0 Å². The van der Waals surface area contributed by atoms with Crippen LogP contribution in [0, 0.1) is 3.57 Å². The van der Waals surface area contributed by atoms with E-state index >= 15 is 0 Å². The predicted molar refractivity (Wildman–Crippen MR) is 95.2 cm³/mol. The maximum absolute atomic E-state index is 12.8. The number of benzene rings is 2. The normalized spacial score (nSPS) is 10.1. The minimum absolute atomic E-state index is 0.128. The second kappa shape index (κ2) is 7.54. The average molecular weight is 428 g/mol. The van der Waals surface area contributed by atoms with Gasteiger partial charge in [0.15, 0.2) is 28.8 Å². The summed E-state index contributed by atoms with van der Waals surface area (Å²) in [7, 11) is 6.18. The number of ketones is 1. The van der Waals surface area contributed by atoms with Crippen molar-refractivity contribution in [2.75, 3.05) is 28.4 Å². The highest BCUT2D eigenvalue weighted by Gasteiger charge is 2.18. The Balaban J connectivity index is 2.48. The highest BCUT2D eigenvalue weighted by atomic mass is 127. The number of methoxy groups -OCH3 is 4. The van der Waals surface area contributed by atoms with Crippen molar-refractivity contribution < 1.29 is 23.7 Å². The molecule has 0 amide bonds. The average Bonchev–Trinajstić information content (AvgIpc) is 2.60. The Hall–Kier alpha value is -1.96. The third kappa shape index (κ3) is 3.52. The molecule has 0 heterocycles. The molecule has 2 aromatic rings. The SMILES string of the molecule is COc1ccc(C(=O)c2cc(OC)c(OC)cc2I)cc1OC. The van der Waals surface area contributed by atoms with Gasteiger partial charge in [0.2, 0.25) is 0 Å². The van der Waals surface area contributed by atoms with Gasteiger partial charge < -0.3 is 18.9 Å². The molecule has 2 rings (SSSR count). The van der Waals surface area contributed by atoms with E-state index in [0.29, 0.717) is 34.1 Å². The van der Waals surface area contributed by atoms with Crippen molar-refractivity contribution >= 4 is 28.4 Å². The lowest BCUT2D eigenvalue weighted by Crippen LogP contribution is -2.06. The first-order valence-corrected chi connectivity index (χ1v) is 7.81. The molecule has 0 saturated carbocycles. The number of hydrogen-bond acceptors (Lipinski definition) is 5. The van der Waals surface area contributed by atoms with Crippen molar-refractivity contribution in [3.63, 3.8) is 0 Å². The van der Waals surface area contributed by atoms with Crippen molar-refractivity contribution in [2.45, 2.75) is 0 Å². The number of halogens is 1. The quantitative estimate of drug-likeness (QED) is 0.521. The minimum atomic E-state index is -0.128. The molecule has 0 fully saturated rings. The highest BCUT2D eigenvalue weighted by Crippen LogP contribution is 2.34. The van der Waals surface area contributed by atoms with Gasteiger partial charge in [-0.15, -0.1) is 0 Å². The third-order valence-corrected chi connectivity index (χ3v) is 4.26. The van der Waals surface area contributed by atoms with E-state index in [1.807, 2.05) is 0 Å². The van der Waals surface area contributed by atoms with Gasteiger partial charge in [0, 0.05) is 14.7 Å². The standard InChI is InChI=1S/C17H17IO5/c1-20-13-6-5-10(7-14(13)21-2)17(19)11-8-15(22-3)16(23-4)9-12(11)18/h5-9H,1-4H3. The molecule has 0 aliphatic carbocycles. The van der Waals surface area contributed by atoms with Crippen LogP contribution in [0.25, 0.3) is 0 Å². The molecule has 0 unspecified atom stereocenters. The zero-order valence-electron chi connectivity index (χ0n) is 13.3. The fraction of sp³-hybridized carbons (Fsp3) is 0.235. The van der Waals surface area contributed by atoms with Gasteiger partial charge in [0.1, 0.15) is 0 Å². The molecule has 5 nitrogen and oxygen atoms in total. The smallest absolute Gasteiger partial charge is 0.194 e. The second-order valence-electron chi connectivity index (χ2n) is 4.59. The number of carbonyl (C=O) groups is 1. The molecule has 0 aliphatic rings. The van der Waals surface area contributed by atoms with Crippen LogP contribution >= 0.6 is 22.6 Å². The maximum atomic E-state index is 12.8. The lowest BCUT2D eigenvalue weighted by atomic mass is 10.0. The summed E-state index contributed by atoms with van der Waals surface area (Å²) in [6, 6.07) is 8.52. The molecule has 0 spiro atoms. The van der Waals surface area contributed by atoms with E-state index in [2.05, 4.69) is 22.6 Å². The van der Waals surface area contributed by atoms with Crippen LogP contribution in [-0.2, 0) is 0 Å². The molecule has 6 heteroatoms. The van der Waals surface area contributed by atoms with E-state index in [1.165, 1.54) is 14.2 Å². The molecule has 0 saturated heterocycles. The summed E-state index contributed by atoms with van der Waals surface area (Å²) < 4.78 is 21.7. The van der Waals surface area contributed by atoms with Gasteiger partial charge in [0.25, 0.3) is 0 Å². The van der Waals surface area contributed by atoms with Crippen molar-refractivity contribution in [2.24, 2.45) is 0 Å². The van der Waals surface area contributed by atoms with Crippen molar-refractivity contribution in [3.8, 4) is 23.0 Å². The van der Waals surface area contributed by atoms with E-state index in [1.54, 1.807) is 44.6 Å². The Bertz CT molecular complexity index is 727. The predicted octanol–water partition coefficient (Wildman–Crippen LogP) is 3.56. The summed E-state index contributed by atoms with van der Waals surface area (Å²) in [4.78, 5) is 12.8. The molecule has 0 atom stereocenters. The van der Waals surface area contributed by atoms with Gasteiger partial charge in [-0.25, -0.2) is 0 Å². The fourth-order valence-corrected chi connectivity index (χ4v) is 2.84. The van der Waals surface area contributed by atoms with E-state index in [0.717, 1.165) is 3.57 Å². The van der Waals surface area contributed by atoms with Gasteiger partial charge >= 0.3 is 0 Å². The number of rotatable bonds is 6. The van der Waals surface area contributed by atoms with Crippen LogP contribution in [-0.4, -0.2) is 34.2 Å². The second-order valence-corrected chi connectivity index (χ2v) is 5.75. The van der Waals surface area contributed by atoms with E-state index in [-0.39, 0.29) is 5.78 Å². The van der Waals surface area contributed by atoms with Gasteiger partial charge in [-0.3, -0.25) is 4.79 Å². The van der Waals surface area contributed by atoms with Crippen molar-refractivity contribution in [1.82, 2.24) is 0 Å². The van der Waals surface area contributed by atoms with Crippen LogP contribution in [0.4, 0.5) is 0 Å². The van der Waals surface area contributed by atoms with Crippen LogP contribution in [0.1, 0.15) is 15.9 Å². The van der Waals surface area contributed by atoms with E-state index in [9.17, 15) is 4.79 Å². The molecule has 2 aromatic carbocycles. The zero-order valence-corrected chi connectivity index (χ0v) is 15.5. The van der Waals surface area contributed by atoms with Crippen LogP contribution in [0.2, 0.25) is 0 Å². The monoisotopic (exact) mass is 428 g/mol. The van der Waals surface area contributed by atoms with Crippen LogP contribution < -0.4 is 18.9 Å². The van der Waals surface area contributed by atoms with Crippen LogP contribution in [0.3, 0.4) is 0 Å². The van der Waals surface area contributed by atoms with E-state index < -0.39 is 0 Å². The molecule has 0 N–H and O–H groups in total. The molecule has 0 radical (unpaired) electrons. The Morgan fingerprint density at radius 2 is 1.30 bits per heavy atom. The third-order valence-electron chi connectivity index (χ3n) is 3.36. The number of carbonyl (C=O) groups excluding carboxylic acids is 1. The first-order valence-electron chi connectivity index (χ1n) is 6.74. The fourth-order valence-electron chi connectivity index (χ4n) is 2.16. The van der Waals surface area contributed by atoms with Gasteiger partial charge in [0.05, 0.1) is 28.4 Å². The lowest BCUT2D eigenvalue weighted by Gasteiger charge is -2.12. The number of ether oxygens (including phenoxy) is 4. The topological polar surface area (TPSA) is 54.0 Å². The Morgan fingerprint density at radius 1 is 0.783 bits per heavy atom. The van der Waals surface area contributed by atoms with Gasteiger partial charge in [-0.05, 0) is 52.9 Å². The van der Waals surface area contributed by atoms with Gasteiger partial charge in [-0.1, -0.05) is 0 Å². The lowest BCUT2D eigenvalue weighted by molar-refractivity contribution is 0.103. The molecule has 0 aromatic heterocycles. The van der Waals surface area contributed by atoms with Crippen molar-refractivity contribution in [1.29, 1.82) is 0 Å². The summed E-state index contributed by atoms with van der Waals surface area (Å²) in [6.45, 7) is 0. The first kappa shape index (κ1) is 17.4. The first-order chi connectivity index (χ1) is 11.0. The largest absolute Gasteiger partial charge is 0.493 e. The van der Waals surface area contributed by atoms with E-state index in [4.69, 9.17) is 18.9 Å². The summed E-state index contributed by atoms with van der Waals surface area (Å²) in [5, 5.41) is 0. The summed E-state index contributed by atoms with van der Waals surface area (Å²) in [6.07, 6.45) is 0. The van der Waals surface area contributed by atoms with Crippen LogP contribution in [0.5, 0.6) is 23.0 Å². The minimum Gasteiger partial charge on any atom is -0.493 e.